The van der Waals surface area contributed by atoms with Crippen molar-refractivity contribution in [3.63, 3.8) is 0 Å². The van der Waals surface area contributed by atoms with Crippen LogP contribution in [0.25, 0.3) is 76.8 Å². The van der Waals surface area contributed by atoms with Gasteiger partial charge in [0.2, 0.25) is 0 Å². The summed E-state index contributed by atoms with van der Waals surface area (Å²) < 4.78 is 205. The molecule has 0 saturated carbocycles. The average molecular weight is 897 g/mol. The van der Waals surface area contributed by atoms with Gasteiger partial charge in [-0.1, -0.05) is 157 Å². The number of benzene rings is 12. The van der Waals surface area contributed by atoms with Crippen LogP contribution in [-0.4, -0.2) is 0 Å². The first-order chi connectivity index (χ1) is 41.8. The van der Waals surface area contributed by atoms with E-state index in [0.29, 0.717) is 55.1 Å². The molecule has 0 bridgehead atoms. The third-order valence-electron chi connectivity index (χ3n) is 11.8. The summed E-state index contributed by atoms with van der Waals surface area (Å²) in [6.45, 7) is 0. The van der Waals surface area contributed by atoms with Crippen molar-refractivity contribution in [3.05, 3.63) is 266 Å². The highest BCUT2D eigenvalue weighted by Crippen LogP contribution is 2.49. The van der Waals surface area contributed by atoms with Gasteiger partial charge in [-0.25, -0.2) is 8.78 Å². The topological polar surface area (TPSA) is 6.48 Å². The predicted octanol–water partition coefficient (Wildman–Crippen LogP) is 18.5. The summed E-state index contributed by atoms with van der Waals surface area (Å²) in [5, 5.41) is 3.85. The lowest BCUT2D eigenvalue weighted by atomic mass is 9.91. The van der Waals surface area contributed by atoms with Crippen molar-refractivity contribution in [1.29, 1.82) is 0 Å². The van der Waals surface area contributed by atoms with E-state index in [0.717, 1.165) is 0 Å². The van der Waals surface area contributed by atoms with Crippen LogP contribution < -0.4 is 9.80 Å². The quantitative estimate of drug-likeness (QED) is 0.126. The maximum atomic E-state index is 15.1. The van der Waals surface area contributed by atoms with Gasteiger partial charge in [0.05, 0.1) is 38.8 Å². The monoisotopic (exact) mass is 896 g/mol. The second-order valence-electron chi connectivity index (χ2n) is 15.8. The van der Waals surface area contributed by atoms with Crippen LogP contribution in [0.4, 0.5) is 42.9 Å². The number of rotatable bonds is 10. The van der Waals surface area contributed by atoms with Crippen LogP contribution in [0.2, 0.25) is 0 Å². The average Bonchev–Trinajstić information content (AvgIpc) is 0.792. The lowest BCUT2D eigenvalue weighted by Gasteiger charge is -2.30. The lowest BCUT2D eigenvalue weighted by Crippen LogP contribution is -2.12. The van der Waals surface area contributed by atoms with Gasteiger partial charge in [0.1, 0.15) is 11.6 Å². The number of nitrogens with zero attached hydrogens (tertiary/aromatic N) is 2. The van der Waals surface area contributed by atoms with Crippen molar-refractivity contribution in [2.75, 3.05) is 9.80 Å². The third-order valence-corrected chi connectivity index (χ3v) is 11.8. The molecule has 12 rings (SSSR count). The summed E-state index contributed by atoms with van der Waals surface area (Å²) in [7, 11) is 0. The van der Waals surface area contributed by atoms with Crippen LogP contribution in [0.3, 0.4) is 0 Å². The molecule has 12 aromatic rings. The summed E-state index contributed by atoms with van der Waals surface area (Å²) in [5.74, 6) is -1.19. The predicted molar refractivity (Wildman–Crippen MR) is 281 cm³/mol. The molecule has 0 unspecified atom stereocenters. The van der Waals surface area contributed by atoms with Crippen LogP contribution in [0.5, 0.6) is 0 Å². The number of hydrogen-bond acceptors (Lipinski definition) is 2. The van der Waals surface area contributed by atoms with Gasteiger partial charge in [-0.15, -0.1) is 0 Å². The Balaban J connectivity index is 1.16. The minimum absolute atomic E-state index is 0.0111. The fourth-order valence-electron chi connectivity index (χ4n) is 8.83. The van der Waals surface area contributed by atoms with Crippen molar-refractivity contribution in [1.82, 2.24) is 0 Å². The molecule has 68 heavy (non-hydrogen) atoms. The maximum Gasteiger partial charge on any atom is 0.123 e. The van der Waals surface area contributed by atoms with Crippen molar-refractivity contribution in [2.24, 2.45) is 0 Å². The van der Waals surface area contributed by atoms with Gasteiger partial charge in [-0.05, 0) is 163 Å². The molecule has 0 aliphatic rings. The zero-order valence-corrected chi connectivity index (χ0v) is 35.4. The van der Waals surface area contributed by atoms with Gasteiger partial charge in [0, 0.05) is 33.5 Å². The molecule has 0 fully saturated rings. The molecule has 12 aromatic carbocycles. The smallest absolute Gasteiger partial charge is 0.123 e. The van der Waals surface area contributed by atoms with E-state index >= 15 is 8.78 Å². The minimum Gasteiger partial charge on any atom is -0.310 e. The van der Waals surface area contributed by atoms with E-state index in [1.54, 1.807) is 21.9 Å². The van der Waals surface area contributed by atoms with Crippen LogP contribution in [0.1, 0.15) is 27.4 Å². The third kappa shape index (κ3) is 7.48. The molecule has 0 aliphatic carbocycles. The second-order valence-corrected chi connectivity index (χ2v) is 15.8. The highest BCUT2D eigenvalue weighted by Gasteiger charge is 2.24. The molecule has 0 aliphatic heterocycles. The van der Waals surface area contributed by atoms with Crippen molar-refractivity contribution in [3.8, 4) is 44.5 Å². The summed E-state index contributed by atoms with van der Waals surface area (Å²) in [4.78, 5) is 3.42. The highest BCUT2D eigenvalue weighted by molar-refractivity contribution is 6.28. The Morgan fingerprint density at radius 2 is 0.574 bits per heavy atom. The zero-order valence-electron chi connectivity index (χ0n) is 55.4. The lowest BCUT2D eigenvalue weighted by molar-refractivity contribution is 0.627. The van der Waals surface area contributed by atoms with E-state index in [1.807, 2.05) is 36.4 Å². The first-order valence-electron chi connectivity index (χ1n) is 31.2. The van der Waals surface area contributed by atoms with E-state index in [4.69, 9.17) is 27.4 Å². The van der Waals surface area contributed by atoms with E-state index in [-0.39, 0.29) is 55.9 Å². The van der Waals surface area contributed by atoms with Crippen LogP contribution in [0, 0.1) is 11.6 Å². The first-order valence-corrected chi connectivity index (χ1v) is 21.2. The molecular weight excluding hydrogens is 835 g/mol. The Labute approximate surface area is 422 Å². The minimum atomic E-state index is -0.661. The maximum absolute atomic E-state index is 15.1. The summed E-state index contributed by atoms with van der Waals surface area (Å²) in [6.07, 6.45) is 0. The standard InChI is InChI=1S/C64H42F2N2/c65-53-25-29-55(30-26-53)67(57-39-49(43-13-5-1-6-14-43)37-50(40-57)44-15-7-2-8-16-44)61-35-23-47-22-34-60-62(36-24-48-21-33-59(61)63(47)64(48)60)68(56-31-27-54(66)28-32-56)58-41-51(45-17-9-3-10-18-45)38-52(42-58)46-19-11-4-12-20-46/h1-42H/i1D,2D,3D,4D,5D,6D,7D,8D,9D,10D,11D,12D,13D,14D,15D,16D,17D,18D,19D,20D. The fourth-order valence-corrected chi connectivity index (χ4v) is 8.83. The zero-order chi connectivity index (χ0) is 63.0. The summed E-state index contributed by atoms with van der Waals surface area (Å²) in [6, 6.07) is 22.0. The number of anilines is 6. The molecule has 0 atom stereocenters. The molecule has 4 heteroatoms. The summed E-state index contributed by atoms with van der Waals surface area (Å²) in [5.41, 5.74) is 0.905. The van der Waals surface area contributed by atoms with E-state index in [9.17, 15) is 0 Å². The SMILES string of the molecule is [2H]c1c([2H])c([2H])c(-c2cc(-c3c([2H])c([2H])c([2H])c([2H])c3[2H])cc(N(c3ccc(F)cc3)c3ccc4ccc5c(N(c6ccc(F)cc6)c6cc(-c7c([2H])c([2H])c([2H])c([2H])c7[2H])cc(-c7c([2H])c([2H])c([2H])c([2H])c7[2H])c6)ccc6ccc3c4c65)c2)c([2H])c1[2H]. The van der Waals surface area contributed by atoms with Gasteiger partial charge in [-0.3, -0.25) is 0 Å². The van der Waals surface area contributed by atoms with Crippen molar-refractivity contribution in [2.45, 2.75) is 0 Å². The Morgan fingerprint density at radius 3 is 0.882 bits per heavy atom. The van der Waals surface area contributed by atoms with Crippen molar-refractivity contribution < 1.29 is 36.2 Å². The number of hydrogen-bond donors (Lipinski definition) is 0. The van der Waals surface area contributed by atoms with E-state index in [2.05, 4.69) is 0 Å². The Hall–Kier alpha value is -8.86. The van der Waals surface area contributed by atoms with Gasteiger partial charge >= 0.3 is 0 Å². The Bertz CT molecular complexity index is 4360. The molecule has 0 radical (unpaired) electrons. The largest absolute Gasteiger partial charge is 0.310 e. The van der Waals surface area contributed by atoms with E-state index in [1.165, 1.54) is 84.9 Å². The molecule has 0 amide bonds. The normalized spacial score (nSPS) is 15.5. The molecule has 322 valence electrons. The van der Waals surface area contributed by atoms with Gasteiger partial charge < -0.3 is 9.80 Å². The van der Waals surface area contributed by atoms with E-state index < -0.39 is 132 Å². The number of halogens is 2. The second kappa shape index (κ2) is 17.2. The Morgan fingerprint density at radius 1 is 0.279 bits per heavy atom. The highest BCUT2D eigenvalue weighted by atomic mass is 19.1. The van der Waals surface area contributed by atoms with Gasteiger partial charge in [-0.2, -0.15) is 0 Å². The molecule has 0 spiro atoms. The van der Waals surface area contributed by atoms with Crippen molar-refractivity contribution >= 4 is 66.4 Å². The van der Waals surface area contributed by atoms with Crippen LogP contribution >= 0.6 is 0 Å². The first kappa shape index (κ1) is 24.6. The molecule has 0 saturated heterocycles. The summed E-state index contributed by atoms with van der Waals surface area (Å²) >= 11 is 0. The molecular formula is C64H42F2N2. The molecule has 2 nitrogen and oxygen atoms in total. The molecule has 0 aromatic heterocycles. The van der Waals surface area contributed by atoms with Crippen LogP contribution in [-0.2, 0) is 0 Å². The fraction of sp³-hybridized carbons (Fsp3) is 0. The van der Waals surface area contributed by atoms with Gasteiger partial charge in [0.25, 0.3) is 0 Å². The molecule has 0 N–H and O–H groups in total. The molecule has 0 heterocycles. The van der Waals surface area contributed by atoms with Crippen LogP contribution in [0.15, 0.2) is 254 Å². The van der Waals surface area contributed by atoms with Gasteiger partial charge in [0.15, 0.2) is 0 Å². The Kier molecular flexibility index (Phi) is 6.21.